The summed E-state index contributed by atoms with van der Waals surface area (Å²) in [6, 6.07) is 11.2. The Hall–Kier alpha value is -3.73. The summed E-state index contributed by atoms with van der Waals surface area (Å²) in [6.07, 6.45) is 2.85. The van der Waals surface area contributed by atoms with Crippen LogP contribution in [0.3, 0.4) is 0 Å². The maximum Gasteiger partial charge on any atom is 0.124 e. The van der Waals surface area contributed by atoms with E-state index in [0.29, 0.717) is 29.5 Å². The molecule has 10 nitrogen and oxygen atoms in total. The number of anilines is 2. The number of methoxy groups -OCH3 is 2. The van der Waals surface area contributed by atoms with Crippen molar-refractivity contribution in [3.63, 3.8) is 0 Å². The first-order valence-electron chi connectivity index (χ1n) is 12.2. The van der Waals surface area contributed by atoms with Crippen molar-refractivity contribution in [3.8, 4) is 11.5 Å². The quantitative estimate of drug-likeness (QED) is 0.323. The number of hydrogen-bond acceptors (Lipinski definition) is 9. The van der Waals surface area contributed by atoms with Crippen molar-refractivity contribution in [1.82, 2.24) is 9.78 Å². The molecule has 0 aliphatic carbocycles. The lowest BCUT2D eigenvalue weighted by Crippen LogP contribution is -2.39. The number of aromatic nitrogens is 2. The summed E-state index contributed by atoms with van der Waals surface area (Å²) in [5.41, 5.74) is 10.0. The van der Waals surface area contributed by atoms with Gasteiger partial charge in [0.05, 0.1) is 57.7 Å². The van der Waals surface area contributed by atoms with Gasteiger partial charge in [-0.25, -0.2) is 0 Å². The largest absolute Gasteiger partial charge is 0.497 e. The third-order valence-electron chi connectivity index (χ3n) is 5.68. The predicted octanol–water partition coefficient (Wildman–Crippen LogP) is 4.16. The van der Waals surface area contributed by atoms with Crippen LogP contribution in [-0.2, 0) is 11.8 Å². The number of rotatable bonds is 13. The Bertz CT molecular complexity index is 1240. The first kappa shape index (κ1) is 28.8. The molecule has 1 aromatic heterocycles. The van der Waals surface area contributed by atoms with E-state index in [1.165, 1.54) is 0 Å². The van der Waals surface area contributed by atoms with Crippen LogP contribution in [0.5, 0.6) is 11.5 Å². The summed E-state index contributed by atoms with van der Waals surface area (Å²) in [6.45, 7) is 10.0. The Morgan fingerprint density at radius 3 is 2.37 bits per heavy atom. The van der Waals surface area contributed by atoms with Crippen molar-refractivity contribution in [2.45, 2.75) is 32.4 Å². The lowest BCUT2D eigenvalue weighted by atomic mass is 10.1. The number of benzene rings is 2. The van der Waals surface area contributed by atoms with Gasteiger partial charge < -0.3 is 30.0 Å². The van der Waals surface area contributed by atoms with E-state index in [0.717, 1.165) is 22.6 Å². The van der Waals surface area contributed by atoms with E-state index in [1.54, 1.807) is 31.2 Å². The van der Waals surface area contributed by atoms with Crippen molar-refractivity contribution < 1.29 is 19.3 Å². The van der Waals surface area contributed by atoms with E-state index in [-0.39, 0.29) is 13.2 Å². The van der Waals surface area contributed by atoms with Crippen LogP contribution in [0.25, 0.3) is 0 Å². The maximum absolute atomic E-state index is 10.9. The highest BCUT2D eigenvalue weighted by atomic mass is 16.5. The molecule has 0 aliphatic rings. The average molecular weight is 523 g/mol. The zero-order chi connectivity index (χ0) is 27.9. The Morgan fingerprint density at radius 2 is 1.82 bits per heavy atom. The highest BCUT2D eigenvalue weighted by molar-refractivity contribution is 6.00. The van der Waals surface area contributed by atoms with E-state index >= 15 is 0 Å². The van der Waals surface area contributed by atoms with E-state index in [1.807, 2.05) is 69.2 Å². The lowest BCUT2D eigenvalue weighted by molar-refractivity contribution is 0.0243. The van der Waals surface area contributed by atoms with Crippen LogP contribution in [0.1, 0.15) is 26.3 Å². The minimum Gasteiger partial charge on any atom is -0.497 e. The first-order valence-corrected chi connectivity index (χ1v) is 12.2. The molecular formula is C28H38N6O4. The fourth-order valence-corrected chi connectivity index (χ4v) is 3.79. The summed E-state index contributed by atoms with van der Waals surface area (Å²) < 4.78 is 18.4. The number of aliphatic hydroxyl groups excluding tert-OH is 1. The molecule has 1 unspecified atom stereocenters. The minimum atomic E-state index is -0.809. The fourth-order valence-electron chi connectivity index (χ4n) is 3.79. The number of hydrogen-bond donors (Lipinski definition) is 2. The molecule has 0 amide bonds. The molecule has 2 aromatic carbocycles. The Labute approximate surface area is 224 Å². The second-order valence-corrected chi connectivity index (χ2v) is 9.77. The molecule has 204 valence electrons. The van der Waals surface area contributed by atoms with Gasteiger partial charge >= 0.3 is 0 Å². The van der Waals surface area contributed by atoms with Crippen LogP contribution in [0.15, 0.2) is 58.8 Å². The summed E-state index contributed by atoms with van der Waals surface area (Å²) in [7, 11) is 5.05. The highest BCUT2D eigenvalue weighted by Gasteiger charge is 2.20. The topological polar surface area (TPSA) is 120 Å². The molecule has 0 radical (unpaired) electrons. The van der Waals surface area contributed by atoms with Crippen molar-refractivity contribution in [1.29, 1.82) is 0 Å². The van der Waals surface area contributed by atoms with Crippen LogP contribution in [0.4, 0.5) is 22.7 Å². The molecule has 0 bridgehead atoms. The molecule has 1 heterocycles. The van der Waals surface area contributed by atoms with E-state index in [9.17, 15) is 5.11 Å². The zero-order valence-electron chi connectivity index (χ0n) is 23.0. The number of nitrogens with zero attached hydrogens (tertiary/aromatic N) is 5. The Morgan fingerprint density at radius 1 is 1.13 bits per heavy atom. The normalized spacial score (nSPS) is 12.8. The number of aliphatic imine (C=N–C) groups is 2. The Balaban J connectivity index is 2.03. The van der Waals surface area contributed by atoms with E-state index in [2.05, 4.69) is 16.8 Å². The SMILES string of the molecule is C=Nc1ccc(N(CC(O)COCC(C)(C)N)c2cc(OC)cc(OC)c2)cc1/N=C(\C)c1cnn(C)c1. The van der Waals surface area contributed by atoms with Crippen LogP contribution in [-0.4, -0.2) is 72.9 Å². The third kappa shape index (κ3) is 7.88. The van der Waals surface area contributed by atoms with Crippen molar-refractivity contribution in [2.24, 2.45) is 22.8 Å². The number of aryl methyl sites for hydroxylation is 1. The molecule has 3 N–H and O–H groups in total. The lowest BCUT2D eigenvalue weighted by Gasteiger charge is -2.29. The monoisotopic (exact) mass is 522 g/mol. The van der Waals surface area contributed by atoms with Gasteiger partial charge in [0, 0.05) is 59.6 Å². The summed E-state index contributed by atoms with van der Waals surface area (Å²) in [5, 5.41) is 15.2. The molecule has 3 aromatic rings. The van der Waals surface area contributed by atoms with Gasteiger partial charge in [-0.05, 0) is 45.7 Å². The summed E-state index contributed by atoms with van der Waals surface area (Å²) >= 11 is 0. The van der Waals surface area contributed by atoms with Crippen LogP contribution >= 0.6 is 0 Å². The Kier molecular flexibility index (Phi) is 9.62. The van der Waals surface area contributed by atoms with Gasteiger partial charge in [0.1, 0.15) is 11.5 Å². The van der Waals surface area contributed by atoms with Crippen LogP contribution in [0.2, 0.25) is 0 Å². The molecule has 0 fully saturated rings. The van der Waals surface area contributed by atoms with Gasteiger partial charge in [-0.3, -0.25) is 14.7 Å². The van der Waals surface area contributed by atoms with Gasteiger partial charge in [-0.15, -0.1) is 0 Å². The van der Waals surface area contributed by atoms with Crippen LogP contribution < -0.4 is 20.1 Å². The number of nitrogens with two attached hydrogens (primary N) is 1. The van der Waals surface area contributed by atoms with Gasteiger partial charge in [-0.2, -0.15) is 5.10 Å². The molecular weight excluding hydrogens is 484 g/mol. The van der Waals surface area contributed by atoms with E-state index in [4.69, 9.17) is 24.9 Å². The fraction of sp³-hybridized carbons (Fsp3) is 0.393. The first-order chi connectivity index (χ1) is 18.0. The van der Waals surface area contributed by atoms with Crippen LogP contribution in [0, 0.1) is 0 Å². The summed E-state index contributed by atoms with van der Waals surface area (Å²) in [5.74, 6) is 1.24. The van der Waals surface area contributed by atoms with E-state index < -0.39 is 11.6 Å². The van der Waals surface area contributed by atoms with Crippen molar-refractivity contribution >= 4 is 35.2 Å². The second-order valence-electron chi connectivity index (χ2n) is 9.77. The molecule has 0 saturated carbocycles. The highest BCUT2D eigenvalue weighted by Crippen LogP contribution is 2.38. The molecule has 0 spiro atoms. The third-order valence-corrected chi connectivity index (χ3v) is 5.68. The van der Waals surface area contributed by atoms with Crippen molar-refractivity contribution in [3.05, 3.63) is 54.4 Å². The number of aliphatic hydroxyl groups is 1. The second kappa shape index (κ2) is 12.7. The molecule has 0 aliphatic heterocycles. The average Bonchev–Trinajstić information content (AvgIpc) is 3.32. The minimum absolute atomic E-state index is 0.121. The smallest absolute Gasteiger partial charge is 0.124 e. The molecule has 3 rings (SSSR count). The van der Waals surface area contributed by atoms with Gasteiger partial charge in [-0.1, -0.05) is 0 Å². The zero-order valence-corrected chi connectivity index (χ0v) is 23.0. The molecule has 0 saturated heterocycles. The standard InChI is InChI=1S/C28H38N6O4/c1-19(20-14-31-33(5)15-20)32-27-12-21(8-9-26(27)30-4)34(16-23(35)17-38-18-28(2,3)29)22-10-24(36-6)13-25(11-22)37-7/h8-15,23,35H,4,16-18,29H2,1-3,5-7H3/b32-19+. The molecule has 38 heavy (non-hydrogen) atoms. The van der Waals surface area contributed by atoms with Gasteiger partial charge in [0.2, 0.25) is 0 Å². The number of ether oxygens (including phenoxy) is 3. The van der Waals surface area contributed by atoms with Gasteiger partial charge in [0.25, 0.3) is 0 Å². The van der Waals surface area contributed by atoms with Crippen molar-refractivity contribution in [2.75, 3.05) is 38.9 Å². The predicted molar refractivity (Wildman–Crippen MR) is 152 cm³/mol. The summed E-state index contributed by atoms with van der Waals surface area (Å²) in [4.78, 5) is 10.9. The molecule has 10 heteroatoms. The van der Waals surface area contributed by atoms with Gasteiger partial charge in [0.15, 0.2) is 0 Å². The molecule has 1 atom stereocenters. The maximum atomic E-state index is 10.9.